The minimum Gasteiger partial charge on any atom is -0.327 e. The summed E-state index contributed by atoms with van der Waals surface area (Å²) in [6, 6.07) is 13.9. The van der Waals surface area contributed by atoms with Gasteiger partial charge in [0.25, 0.3) is 0 Å². The molecule has 7 heteroatoms. The van der Waals surface area contributed by atoms with E-state index in [9.17, 15) is 4.79 Å². The average molecular weight is 470 g/mol. The molecular weight excluding hydrogens is 446 g/mol. The van der Waals surface area contributed by atoms with Crippen LogP contribution in [-0.2, 0) is 13.0 Å². The van der Waals surface area contributed by atoms with Crippen LogP contribution in [0.5, 0.6) is 0 Å². The molecule has 6 rings (SSSR count). The minimum atomic E-state index is -0.155. The van der Waals surface area contributed by atoms with Crippen LogP contribution in [-0.4, -0.2) is 29.9 Å². The second-order valence-electron chi connectivity index (χ2n) is 9.66. The van der Waals surface area contributed by atoms with Gasteiger partial charge in [-0.3, -0.25) is 14.3 Å². The van der Waals surface area contributed by atoms with Crippen LogP contribution in [0.25, 0.3) is 27.8 Å². The summed E-state index contributed by atoms with van der Waals surface area (Å²) < 4.78 is 4.24. The first-order chi connectivity index (χ1) is 16.4. The maximum absolute atomic E-state index is 13.4. The van der Waals surface area contributed by atoms with E-state index in [-0.39, 0.29) is 11.2 Å². The van der Waals surface area contributed by atoms with Crippen molar-refractivity contribution in [3.05, 3.63) is 83.2 Å². The van der Waals surface area contributed by atoms with Gasteiger partial charge in [0.05, 0.1) is 27.8 Å². The lowest BCUT2D eigenvalue weighted by Gasteiger charge is -2.34. The molecule has 0 bridgehead atoms. The number of ketones is 1. The number of aromatic nitrogens is 5. The SMILES string of the molecule is Cc1ccc2c(c1)nc1n2C[C@](C)(CC(=O)c2ccc(-n3cnc4cnccc43)cc2Cl)CC1. The summed E-state index contributed by atoms with van der Waals surface area (Å²) in [5, 5.41) is 0.460. The first-order valence-corrected chi connectivity index (χ1v) is 11.8. The Labute approximate surface area is 202 Å². The van der Waals surface area contributed by atoms with Crippen molar-refractivity contribution < 1.29 is 4.79 Å². The fourth-order valence-corrected chi connectivity index (χ4v) is 5.39. The van der Waals surface area contributed by atoms with E-state index in [1.165, 1.54) is 5.56 Å². The predicted molar refractivity (Wildman–Crippen MR) is 134 cm³/mol. The van der Waals surface area contributed by atoms with Crippen LogP contribution in [0, 0.1) is 12.3 Å². The van der Waals surface area contributed by atoms with Gasteiger partial charge in [0.15, 0.2) is 5.78 Å². The predicted octanol–water partition coefficient (Wildman–Crippen LogP) is 5.96. The van der Waals surface area contributed by atoms with E-state index in [0.717, 1.165) is 53.0 Å². The smallest absolute Gasteiger partial charge is 0.164 e. The van der Waals surface area contributed by atoms with Crippen LogP contribution in [0.15, 0.2) is 61.2 Å². The van der Waals surface area contributed by atoms with E-state index in [2.05, 4.69) is 46.6 Å². The summed E-state index contributed by atoms with van der Waals surface area (Å²) in [5.74, 6) is 1.18. The first-order valence-electron chi connectivity index (χ1n) is 11.5. The van der Waals surface area contributed by atoms with Crippen molar-refractivity contribution in [3.8, 4) is 5.69 Å². The standard InChI is InChI=1S/C27H24ClN5O/c1-17-3-6-23-21(11-17)31-26-7-9-27(2,15-32(23)26)13-25(34)19-5-4-18(12-20(19)28)33-16-30-22-14-29-10-8-24(22)33/h3-6,8,10-12,14,16H,7,9,13,15H2,1-2H3/t27-/m0/s1. The second-order valence-corrected chi connectivity index (χ2v) is 10.1. The monoisotopic (exact) mass is 469 g/mol. The zero-order valence-corrected chi connectivity index (χ0v) is 19.9. The van der Waals surface area contributed by atoms with Crippen molar-refractivity contribution in [2.45, 2.75) is 39.7 Å². The number of Topliss-reactive ketones (excluding diaryl/α,β-unsaturated/α-hetero) is 1. The van der Waals surface area contributed by atoms with Crippen LogP contribution < -0.4 is 0 Å². The molecule has 0 unspecified atom stereocenters. The topological polar surface area (TPSA) is 65.6 Å². The molecule has 170 valence electrons. The highest BCUT2D eigenvalue weighted by Crippen LogP contribution is 2.38. The molecule has 1 aliphatic heterocycles. The number of nitrogens with zero attached hydrogens (tertiary/aromatic N) is 5. The summed E-state index contributed by atoms with van der Waals surface area (Å²) in [7, 11) is 0. The quantitative estimate of drug-likeness (QED) is 0.305. The number of imidazole rings is 2. The highest BCUT2D eigenvalue weighted by Gasteiger charge is 2.34. The number of pyridine rings is 1. The third kappa shape index (κ3) is 3.49. The molecule has 0 spiro atoms. The van der Waals surface area contributed by atoms with Crippen LogP contribution in [0.3, 0.4) is 0 Å². The number of hydrogen-bond acceptors (Lipinski definition) is 4. The third-order valence-corrected chi connectivity index (χ3v) is 7.26. The number of hydrogen-bond donors (Lipinski definition) is 0. The lowest BCUT2D eigenvalue weighted by molar-refractivity contribution is 0.0884. The van der Waals surface area contributed by atoms with Gasteiger partial charge in [0.2, 0.25) is 0 Å². The van der Waals surface area contributed by atoms with Crippen molar-refractivity contribution in [3.63, 3.8) is 0 Å². The van der Waals surface area contributed by atoms with Gasteiger partial charge in [0, 0.05) is 36.8 Å². The van der Waals surface area contributed by atoms with Crippen LogP contribution in [0.4, 0.5) is 0 Å². The molecule has 1 atom stereocenters. The van der Waals surface area contributed by atoms with E-state index in [1.54, 1.807) is 18.7 Å². The molecule has 0 aliphatic carbocycles. The lowest BCUT2D eigenvalue weighted by Crippen LogP contribution is -2.32. The lowest BCUT2D eigenvalue weighted by atomic mass is 9.77. The highest BCUT2D eigenvalue weighted by atomic mass is 35.5. The zero-order chi connectivity index (χ0) is 23.4. The Morgan fingerprint density at radius 2 is 2.00 bits per heavy atom. The molecule has 0 saturated carbocycles. The van der Waals surface area contributed by atoms with Gasteiger partial charge in [-0.25, -0.2) is 9.97 Å². The van der Waals surface area contributed by atoms with Crippen molar-refractivity contribution in [1.82, 2.24) is 24.1 Å². The fourth-order valence-electron chi connectivity index (χ4n) is 5.11. The number of fused-ring (bicyclic) bond motifs is 4. The maximum atomic E-state index is 13.4. The molecule has 4 heterocycles. The highest BCUT2D eigenvalue weighted by molar-refractivity contribution is 6.34. The van der Waals surface area contributed by atoms with E-state index in [1.807, 2.05) is 28.8 Å². The van der Waals surface area contributed by atoms with Crippen molar-refractivity contribution in [1.29, 1.82) is 0 Å². The van der Waals surface area contributed by atoms with Crippen molar-refractivity contribution >= 4 is 39.5 Å². The van der Waals surface area contributed by atoms with E-state index in [4.69, 9.17) is 16.6 Å². The van der Waals surface area contributed by atoms with Crippen molar-refractivity contribution in [2.24, 2.45) is 5.41 Å². The zero-order valence-electron chi connectivity index (χ0n) is 19.1. The molecule has 2 aromatic carbocycles. The van der Waals surface area contributed by atoms with Gasteiger partial charge in [-0.2, -0.15) is 0 Å². The molecule has 0 radical (unpaired) electrons. The van der Waals surface area contributed by atoms with Gasteiger partial charge < -0.3 is 4.57 Å². The second kappa shape index (κ2) is 7.77. The van der Waals surface area contributed by atoms with Gasteiger partial charge in [-0.15, -0.1) is 0 Å². The maximum Gasteiger partial charge on any atom is 0.164 e. The molecular formula is C27H24ClN5O. The summed E-state index contributed by atoms with van der Waals surface area (Å²) in [4.78, 5) is 26.7. The molecule has 0 fully saturated rings. The Bertz CT molecular complexity index is 1580. The largest absolute Gasteiger partial charge is 0.327 e. The van der Waals surface area contributed by atoms with Gasteiger partial charge >= 0.3 is 0 Å². The number of carbonyl (C=O) groups excluding carboxylic acids is 1. The van der Waals surface area contributed by atoms with Crippen LogP contribution in [0.1, 0.15) is 41.5 Å². The normalized spacial score (nSPS) is 17.9. The Morgan fingerprint density at radius 1 is 1.12 bits per heavy atom. The number of carbonyl (C=O) groups is 1. The number of aryl methyl sites for hydroxylation is 2. The molecule has 0 N–H and O–H groups in total. The molecule has 0 saturated heterocycles. The molecule has 6 nitrogen and oxygen atoms in total. The molecule has 5 aromatic rings. The summed E-state index contributed by atoms with van der Waals surface area (Å²) in [6.07, 6.45) is 7.44. The number of halogens is 1. The minimum absolute atomic E-state index is 0.0717. The molecule has 3 aromatic heterocycles. The van der Waals surface area contributed by atoms with Gasteiger partial charge in [0.1, 0.15) is 17.7 Å². The Balaban J connectivity index is 1.26. The summed E-state index contributed by atoms with van der Waals surface area (Å²) in [5.41, 5.74) is 6.41. The first kappa shape index (κ1) is 21.1. The summed E-state index contributed by atoms with van der Waals surface area (Å²) >= 11 is 6.63. The van der Waals surface area contributed by atoms with Gasteiger partial charge in [-0.05, 0) is 60.7 Å². The average Bonchev–Trinajstić information content (AvgIpc) is 3.39. The summed E-state index contributed by atoms with van der Waals surface area (Å²) in [6.45, 7) is 5.06. The van der Waals surface area contributed by atoms with Crippen LogP contribution in [0.2, 0.25) is 5.02 Å². The van der Waals surface area contributed by atoms with Crippen molar-refractivity contribution in [2.75, 3.05) is 0 Å². The molecule has 1 aliphatic rings. The van der Waals surface area contributed by atoms with E-state index >= 15 is 0 Å². The van der Waals surface area contributed by atoms with E-state index < -0.39 is 0 Å². The Morgan fingerprint density at radius 3 is 2.85 bits per heavy atom. The number of benzene rings is 2. The Kier molecular flexibility index (Phi) is 4.81. The molecule has 0 amide bonds. The third-order valence-electron chi connectivity index (χ3n) is 6.94. The Hall–Kier alpha value is -3.51. The number of rotatable bonds is 4. The fraction of sp³-hybridized carbons (Fsp3) is 0.259. The van der Waals surface area contributed by atoms with Gasteiger partial charge in [-0.1, -0.05) is 24.6 Å². The van der Waals surface area contributed by atoms with Crippen LogP contribution >= 0.6 is 11.6 Å². The van der Waals surface area contributed by atoms with E-state index in [0.29, 0.717) is 17.0 Å². The molecule has 34 heavy (non-hydrogen) atoms.